The van der Waals surface area contributed by atoms with E-state index >= 15 is 0 Å². The van der Waals surface area contributed by atoms with Crippen LogP contribution in [0.1, 0.15) is 23.1 Å². The van der Waals surface area contributed by atoms with Crippen molar-refractivity contribution in [3.05, 3.63) is 17.6 Å². The van der Waals surface area contributed by atoms with Gasteiger partial charge in [0, 0.05) is 20.3 Å². The third-order valence-corrected chi connectivity index (χ3v) is 1.69. The first kappa shape index (κ1) is 9.64. The van der Waals surface area contributed by atoms with E-state index in [0.717, 1.165) is 0 Å². The molecule has 0 radical (unpaired) electrons. The predicted octanol–water partition coefficient (Wildman–Crippen LogP) is 1.05. The summed E-state index contributed by atoms with van der Waals surface area (Å²) >= 11 is 0. The molecule has 0 aromatic carbocycles. The molecular formula is C9H13N3O. The fourth-order valence-corrected chi connectivity index (χ4v) is 1.05. The molecule has 0 atom stereocenters. The van der Waals surface area contributed by atoms with Crippen LogP contribution in [0.3, 0.4) is 0 Å². The van der Waals surface area contributed by atoms with Crippen molar-refractivity contribution in [3.8, 4) is 0 Å². The zero-order valence-corrected chi connectivity index (χ0v) is 8.33. The number of carbonyl (C=O) groups is 1. The third kappa shape index (κ3) is 2.02. The van der Waals surface area contributed by atoms with Gasteiger partial charge in [0.15, 0.2) is 5.78 Å². The van der Waals surface area contributed by atoms with Crippen molar-refractivity contribution in [1.29, 1.82) is 0 Å². The Labute approximate surface area is 77.6 Å². The van der Waals surface area contributed by atoms with Gasteiger partial charge in [0.2, 0.25) is 0 Å². The molecule has 4 nitrogen and oxygen atoms in total. The van der Waals surface area contributed by atoms with Gasteiger partial charge >= 0.3 is 0 Å². The summed E-state index contributed by atoms with van der Waals surface area (Å²) in [4.78, 5) is 21.2. The highest BCUT2D eigenvalue weighted by Gasteiger charge is 2.10. The monoisotopic (exact) mass is 179 g/mol. The molecule has 1 heterocycles. The molecule has 0 aliphatic rings. The molecule has 0 aliphatic carbocycles. The largest absolute Gasteiger partial charge is 0.362 e. The van der Waals surface area contributed by atoms with Crippen LogP contribution >= 0.6 is 0 Å². The number of ketones is 1. The normalized spacial score (nSPS) is 9.85. The second kappa shape index (κ2) is 3.51. The number of Topliss-reactive ketones (excluding diaryl/α,β-unsaturated/α-hetero) is 1. The lowest BCUT2D eigenvalue weighted by atomic mass is 10.2. The summed E-state index contributed by atoms with van der Waals surface area (Å²) in [6, 6.07) is 0. The number of nitrogens with zero attached hydrogens (tertiary/aromatic N) is 3. The fraction of sp³-hybridized carbons (Fsp3) is 0.444. The molecule has 0 N–H and O–H groups in total. The van der Waals surface area contributed by atoms with Gasteiger partial charge in [0.1, 0.15) is 11.6 Å². The summed E-state index contributed by atoms with van der Waals surface area (Å²) in [5.41, 5.74) is 0.565. The van der Waals surface area contributed by atoms with Crippen LogP contribution in [0.25, 0.3) is 0 Å². The zero-order chi connectivity index (χ0) is 10.0. The first-order chi connectivity index (χ1) is 6.02. The van der Waals surface area contributed by atoms with Gasteiger partial charge in [-0.1, -0.05) is 0 Å². The number of anilines is 1. The minimum absolute atomic E-state index is 0.0105. The van der Waals surface area contributed by atoms with Crippen molar-refractivity contribution in [1.82, 2.24) is 9.97 Å². The van der Waals surface area contributed by atoms with Gasteiger partial charge in [-0.2, -0.15) is 0 Å². The molecule has 0 saturated heterocycles. The zero-order valence-electron chi connectivity index (χ0n) is 8.33. The molecule has 0 spiro atoms. The third-order valence-electron chi connectivity index (χ3n) is 1.69. The second-order valence-corrected chi connectivity index (χ2v) is 3.11. The molecule has 0 unspecified atom stereocenters. The molecule has 4 heteroatoms. The van der Waals surface area contributed by atoms with Crippen LogP contribution in [-0.2, 0) is 0 Å². The summed E-state index contributed by atoms with van der Waals surface area (Å²) in [7, 11) is 3.71. The van der Waals surface area contributed by atoms with E-state index in [0.29, 0.717) is 17.2 Å². The van der Waals surface area contributed by atoms with E-state index in [1.807, 2.05) is 19.0 Å². The van der Waals surface area contributed by atoms with Gasteiger partial charge in [-0.3, -0.25) is 4.79 Å². The van der Waals surface area contributed by atoms with E-state index in [1.54, 1.807) is 13.1 Å². The molecule has 0 saturated carbocycles. The van der Waals surface area contributed by atoms with Gasteiger partial charge in [0.05, 0.1) is 5.56 Å². The van der Waals surface area contributed by atoms with Gasteiger partial charge in [0.25, 0.3) is 0 Å². The van der Waals surface area contributed by atoms with E-state index in [9.17, 15) is 4.79 Å². The Balaban J connectivity index is 3.26. The maximum Gasteiger partial charge on any atom is 0.165 e. The summed E-state index contributed by atoms with van der Waals surface area (Å²) in [5.74, 6) is 1.34. The van der Waals surface area contributed by atoms with Crippen LogP contribution in [0, 0.1) is 6.92 Å². The average molecular weight is 179 g/mol. The standard InChI is InChI=1S/C9H13N3O/c1-6(13)8-5-10-7(2)11-9(8)12(3)4/h5H,1-4H3. The summed E-state index contributed by atoms with van der Waals surface area (Å²) in [6.45, 7) is 3.32. The van der Waals surface area contributed by atoms with Gasteiger partial charge < -0.3 is 4.90 Å². The van der Waals surface area contributed by atoms with Crippen molar-refractivity contribution in [2.45, 2.75) is 13.8 Å². The number of aromatic nitrogens is 2. The quantitative estimate of drug-likeness (QED) is 0.637. The topological polar surface area (TPSA) is 46.1 Å². The van der Waals surface area contributed by atoms with Gasteiger partial charge in [-0.05, 0) is 13.8 Å². The molecule has 0 fully saturated rings. The van der Waals surface area contributed by atoms with Crippen LogP contribution in [0.5, 0.6) is 0 Å². The lowest BCUT2D eigenvalue weighted by Gasteiger charge is -2.14. The van der Waals surface area contributed by atoms with Gasteiger partial charge in [-0.15, -0.1) is 0 Å². The molecule has 1 rings (SSSR count). The molecule has 1 aromatic rings. The van der Waals surface area contributed by atoms with Crippen molar-refractivity contribution in [3.63, 3.8) is 0 Å². The Bertz CT molecular complexity index is 334. The Morgan fingerprint density at radius 1 is 1.46 bits per heavy atom. The molecule has 0 aliphatic heterocycles. The minimum atomic E-state index is -0.0105. The van der Waals surface area contributed by atoms with Crippen molar-refractivity contribution in [2.24, 2.45) is 0 Å². The van der Waals surface area contributed by atoms with Crippen LogP contribution in [0.15, 0.2) is 6.20 Å². The number of hydrogen-bond acceptors (Lipinski definition) is 4. The fourth-order valence-electron chi connectivity index (χ4n) is 1.05. The lowest BCUT2D eigenvalue weighted by molar-refractivity contribution is 0.101. The first-order valence-corrected chi connectivity index (χ1v) is 4.04. The summed E-state index contributed by atoms with van der Waals surface area (Å²) in [5, 5.41) is 0. The maximum absolute atomic E-state index is 11.2. The van der Waals surface area contributed by atoms with Gasteiger partial charge in [-0.25, -0.2) is 9.97 Å². The predicted molar refractivity (Wildman–Crippen MR) is 51.1 cm³/mol. The van der Waals surface area contributed by atoms with E-state index in [1.165, 1.54) is 6.92 Å². The van der Waals surface area contributed by atoms with Crippen LogP contribution < -0.4 is 4.90 Å². The second-order valence-electron chi connectivity index (χ2n) is 3.11. The van der Waals surface area contributed by atoms with Crippen molar-refractivity contribution >= 4 is 11.6 Å². The van der Waals surface area contributed by atoms with Crippen LogP contribution in [-0.4, -0.2) is 29.8 Å². The minimum Gasteiger partial charge on any atom is -0.362 e. The first-order valence-electron chi connectivity index (χ1n) is 4.04. The van der Waals surface area contributed by atoms with E-state index in [-0.39, 0.29) is 5.78 Å². The molecule has 0 bridgehead atoms. The average Bonchev–Trinajstić information content (AvgIpc) is 2.03. The number of hydrogen-bond donors (Lipinski definition) is 0. The maximum atomic E-state index is 11.2. The molecule has 13 heavy (non-hydrogen) atoms. The SMILES string of the molecule is CC(=O)c1cnc(C)nc1N(C)C. The Morgan fingerprint density at radius 3 is 2.54 bits per heavy atom. The van der Waals surface area contributed by atoms with Crippen LogP contribution in [0.2, 0.25) is 0 Å². The molecule has 0 amide bonds. The smallest absolute Gasteiger partial charge is 0.165 e. The highest BCUT2D eigenvalue weighted by molar-refractivity contribution is 5.98. The van der Waals surface area contributed by atoms with E-state index in [4.69, 9.17) is 0 Å². The molecule has 1 aromatic heterocycles. The summed E-state index contributed by atoms with van der Waals surface area (Å²) in [6.07, 6.45) is 1.57. The molecule has 70 valence electrons. The van der Waals surface area contributed by atoms with Crippen LogP contribution in [0.4, 0.5) is 5.82 Å². The van der Waals surface area contributed by atoms with Crippen molar-refractivity contribution in [2.75, 3.05) is 19.0 Å². The number of rotatable bonds is 2. The Hall–Kier alpha value is -1.45. The Morgan fingerprint density at radius 2 is 2.08 bits per heavy atom. The number of aryl methyl sites for hydroxylation is 1. The lowest BCUT2D eigenvalue weighted by Crippen LogP contribution is -2.16. The van der Waals surface area contributed by atoms with E-state index < -0.39 is 0 Å². The van der Waals surface area contributed by atoms with Crippen molar-refractivity contribution < 1.29 is 4.79 Å². The number of carbonyl (C=O) groups excluding carboxylic acids is 1. The van der Waals surface area contributed by atoms with E-state index in [2.05, 4.69) is 9.97 Å². The molecular weight excluding hydrogens is 166 g/mol. The Kier molecular flexibility index (Phi) is 2.60. The highest BCUT2D eigenvalue weighted by atomic mass is 16.1. The highest BCUT2D eigenvalue weighted by Crippen LogP contribution is 2.14. The summed E-state index contributed by atoms with van der Waals surface area (Å²) < 4.78 is 0.